The number of primary amides is 1. The lowest BCUT2D eigenvalue weighted by Gasteiger charge is -2.43. The lowest BCUT2D eigenvalue weighted by Crippen LogP contribution is -2.57. The number of hydrogen-bond acceptors (Lipinski definition) is 5. The third kappa shape index (κ3) is 7.63. The zero-order chi connectivity index (χ0) is 29.7. The summed E-state index contributed by atoms with van der Waals surface area (Å²) >= 11 is 0. The number of carbonyl (C=O) groups is 4. The van der Waals surface area contributed by atoms with Gasteiger partial charge in [-0.05, 0) is 75.4 Å². The number of rotatable bonds is 9. The molecule has 0 heterocycles. The Kier molecular flexibility index (Phi) is 8.95. The van der Waals surface area contributed by atoms with Crippen LogP contribution in [-0.2, 0) is 19.1 Å². The van der Waals surface area contributed by atoms with Crippen LogP contribution in [0.15, 0.2) is 66.7 Å². The number of amides is 4. The first-order valence-electron chi connectivity index (χ1n) is 13.9. The summed E-state index contributed by atoms with van der Waals surface area (Å²) in [6.07, 6.45) is 0.980. The molecule has 4 rings (SSSR count). The van der Waals surface area contributed by atoms with Crippen LogP contribution in [0.5, 0.6) is 0 Å². The molecule has 9 heteroatoms. The van der Waals surface area contributed by atoms with Gasteiger partial charge in [0.2, 0.25) is 11.8 Å². The van der Waals surface area contributed by atoms with Crippen LogP contribution in [0.3, 0.4) is 0 Å². The fourth-order valence-electron chi connectivity index (χ4n) is 4.97. The number of fused-ring (bicyclic) bond motifs is 1. The molecule has 1 saturated carbocycles. The van der Waals surface area contributed by atoms with Gasteiger partial charge in [0.25, 0.3) is 5.91 Å². The molecule has 3 aromatic rings. The molecule has 41 heavy (non-hydrogen) atoms. The van der Waals surface area contributed by atoms with Crippen LogP contribution in [0, 0.1) is 6.92 Å². The van der Waals surface area contributed by atoms with Crippen molar-refractivity contribution in [1.29, 1.82) is 0 Å². The van der Waals surface area contributed by atoms with Gasteiger partial charge in [0.1, 0.15) is 17.7 Å². The SMILES string of the molecule is Cc1cccc(C(C(=O)Nc2ccc3ccccc3c2)N(C(=O)C(CC(N)=O)NC(=O)OC(C)(C)C)C2CCC2)c1. The van der Waals surface area contributed by atoms with Gasteiger partial charge >= 0.3 is 6.09 Å². The van der Waals surface area contributed by atoms with E-state index in [-0.39, 0.29) is 6.04 Å². The first kappa shape index (κ1) is 29.6. The van der Waals surface area contributed by atoms with Crippen LogP contribution >= 0.6 is 0 Å². The van der Waals surface area contributed by atoms with Crippen LogP contribution in [0.4, 0.5) is 10.5 Å². The van der Waals surface area contributed by atoms with Gasteiger partial charge < -0.3 is 26.0 Å². The van der Waals surface area contributed by atoms with E-state index in [2.05, 4.69) is 10.6 Å². The van der Waals surface area contributed by atoms with E-state index in [1.807, 2.05) is 67.6 Å². The topological polar surface area (TPSA) is 131 Å². The number of aryl methyl sites for hydroxylation is 1. The maximum absolute atomic E-state index is 14.2. The van der Waals surface area contributed by atoms with E-state index in [4.69, 9.17) is 10.5 Å². The van der Waals surface area contributed by atoms with Crippen molar-refractivity contribution in [3.63, 3.8) is 0 Å². The molecule has 0 bridgehead atoms. The Morgan fingerprint density at radius 3 is 2.29 bits per heavy atom. The maximum atomic E-state index is 14.2. The number of alkyl carbamates (subject to hydrolysis) is 1. The van der Waals surface area contributed by atoms with Gasteiger partial charge in [0, 0.05) is 11.7 Å². The van der Waals surface area contributed by atoms with Crippen molar-refractivity contribution in [2.24, 2.45) is 5.73 Å². The number of nitrogens with zero attached hydrogens (tertiary/aromatic N) is 1. The standard InChI is InChI=1S/C32H38N4O5/c1-20-9-7-12-23(17-20)28(29(38)34-24-16-15-21-10-5-6-11-22(21)18-24)36(25-13-8-14-25)30(39)26(19-27(33)37)35-31(40)41-32(2,3)4/h5-7,9-12,15-18,25-26,28H,8,13-14,19H2,1-4H3,(H2,33,37)(H,34,38)(H,35,40). The summed E-state index contributed by atoms with van der Waals surface area (Å²) in [6.45, 7) is 7.01. The molecule has 3 aromatic carbocycles. The summed E-state index contributed by atoms with van der Waals surface area (Å²) < 4.78 is 5.35. The number of hydrogen-bond donors (Lipinski definition) is 3. The summed E-state index contributed by atoms with van der Waals surface area (Å²) in [6, 6.07) is 18.3. The van der Waals surface area contributed by atoms with Gasteiger partial charge in [0.15, 0.2) is 0 Å². The maximum Gasteiger partial charge on any atom is 0.408 e. The number of ether oxygens (including phenoxy) is 1. The predicted molar refractivity (Wildman–Crippen MR) is 158 cm³/mol. The number of carbonyl (C=O) groups excluding carboxylic acids is 4. The summed E-state index contributed by atoms with van der Waals surface area (Å²) in [5.74, 6) is -1.73. The van der Waals surface area contributed by atoms with Crippen LogP contribution in [0.2, 0.25) is 0 Å². The van der Waals surface area contributed by atoms with Crippen molar-refractivity contribution in [1.82, 2.24) is 10.2 Å². The van der Waals surface area contributed by atoms with Gasteiger partial charge in [-0.1, -0.05) is 60.2 Å². The minimum atomic E-state index is -1.30. The molecule has 2 unspecified atom stereocenters. The molecular formula is C32H38N4O5. The fraction of sp³-hybridized carbons (Fsp3) is 0.375. The third-order valence-corrected chi connectivity index (χ3v) is 7.02. The summed E-state index contributed by atoms with van der Waals surface area (Å²) in [4.78, 5) is 54.5. The molecule has 216 valence electrons. The molecule has 2 atom stereocenters. The number of nitrogens with one attached hydrogen (secondary N) is 2. The van der Waals surface area contributed by atoms with E-state index in [0.717, 1.165) is 22.8 Å². The first-order valence-corrected chi connectivity index (χ1v) is 13.9. The average molecular weight is 559 g/mol. The Labute approximate surface area is 240 Å². The molecule has 0 aromatic heterocycles. The highest BCUT2D eigenvalue weighted by Gasteiger charge is 2.42. The first-order chi connectivity index (χ1) is 19.4. The highest BCUT2D eigenvalue weighted by molar-refractivity contribution is 6.01. The minimum absolute atomic E-state index is 0.258. The lowest BCUT2D eigenvalue weighted by molar-refractivity contribution is -0.146. The second-order valence-electron chi connectivity index (χ2n) is 11.6. The molecule has 1 fully saturated rings. The summed E-state index contributed by atoms with van der Waals surface area (Å²) in [5, 5.41) is 7.54. The van der Waals surface area contributed by atoms with Crippen molar-refractivity contribution in [2.45, 2.75) is 77.1 Å². The molecule has 0 spiro atoms. The third-order valence-electron chi connectivity index (χ3n) is 7.02. The van der Waals surface area contributed by atoms with Crippen molar-refractivity contribution in [3.8, 4) is 0 Å². The molecule has 9 nitrogen and oxygen atoms in total. The normalized spacial score (nSPS) is 14.8. The van der Waals surface area contributed by atoms with Crippen molar-refractivity contribution < 1.29 is 23.9 Å². The Hall–Kier alpha value is -4.40. The Bertz CT molecular complexity index is 1440. The quantitative estimate of drug-likeness (QED) is 0.341. The van der Waals surface area contributed by atoms with Gasteiger partial charge in [-0.15, -0.1) is 0 Å². The second kappa shape index (κ2) is 12.4. The number of benzene rings is 3. The molecule has 1 aliphatic rings. The van der Waals surface area contributed by atoms with E-state index in [0.29, 0.717) is 24.1 Å². The Morgan fingerprint density at radius 2 is 1.68 bits per heavy atom. The Morgan fingerprint density at radius 1 is 0.976 bits per heavy atom. The zero-order valence-electron chi connectivity index (χ0n) is 24.0. The van der Waals surface area contributed by atoms with Crippen LogP contribution in [0.25, 0.3) is 10.8 Å². The molecule has 0 saturated heterocycles. The van der Waals surface area contributed by atoms with Gasteiger partial charge in [-0.25, -0.2) is 4.79 Å². The Balaban J connectivity index is 1.72. The van der Waals surface area contributed by atoms with Gasteiger partial charge in [-0.3, -0.25) is 14.4 Å². The van der Waals surface area contributed by atoms with Gasteiger partial charge in [-0.2, -0.15) is 0 Å². The minimum Gasteiger partial charge on any atom is -0.444 e. The van der Waals surface area contributed by atoms with E-state index in [1.165, 1.54) is 4.90 Å². The van der Waals surface area contributed by atoms with E-state index >= 15 is 0 Å². The fourth-order valence-corrected chi connectivity index (χ4v) is 4.97. The molecule has 1 aliphatic carbocycles. The van der Waals surface area contributed by atoms with E-state index in [9.17, 15) is 19.2 Å². The van der Waals surface area contributed by atoms with Crippen LogP contribution in [-0.4, -0.2) is 46.4 Å². The summed E-state index contributed by atoms with van der Waals surface area (Å²) in [7, 11) is 0. The highest BCUT2D eigenvalue weighted by atomic mass is 16.6. The molecule has 4 amide bonds. The second-order valence-corrected chi connectivity index (χ2v) is 11.6. The van der Waals surface area contributed by atoms with Crippen LogP contribution in [0.1, 0.15) is 63.6 Å². The molecule has 0 radical (unpaired) electrons. The smallest absolute Gasteiger partial charge is 0.408 e. The monoisotopic (exact) mass is 558 g/mol. The zero-order valence-corrected chi connectivity index (χ0v) is 24.0. The highest BCUT2D eigenvalue weighted by Crippen LogP contribution is 2.35. The molecule has 0 aliphatic heterocycles. The van der Waals surface area contributed by atoms with Crippen molar-refractivity contribution in [2.75, 3.05) is 5.32 Å². The van der Waals surface area contributed by atoms with E-state index in [1.54, 1.807) is 26.8 Å². The largest absolute Gasteiger partial charge is 0.444 e. The van der Waals surface area contributed by atoms with Crippen molar-refractivity contribution >= 4 is 40.3 Å². The number of nitrogens with two attached hydrogens (primary N) is 1. The van der Waals surface area contributed by atoms with Crippen LogP contribution < -0.4 is 16.4 Å². The molecule has 4 N–H and O–H groups in total. The molecular weight excluding hydrogens is 520 g/mol. The predicted octanol–water partition coefficient (Wildman–Crippen LogP) is 4.98. The van der Waals surface area contributed by atoms with Gasteiger partial charge in [0.05, 0.1) is 6.42 Å². The van der Waals surface area contributed by atoms with Crippen molar-refractivity contribution in [3.05, 3.63) is 77.9 Å². The number of anilines is 1. The van der Waals surface area contributed by atoms with E-state index < -0.39 is 47.9 Å². The summed E-state index contributed by atoms with van der Waals surface area (Å²) in [5.41, 5.74) is 6.81. The average Bonchev–Trinajstić information content (AvgIpc) is 2.85. The lowest BCUT2D eigenvalue weighted by atomic mass is 9.87.